The van der Waals surface area contributed by atoms with Gasteiger partial charge in [0, 0.05) is 31.0 Å². The molecule has 28 heavy (non-hydrogen) atoms. The van der Waals surface area contributed by atoms with Crippen LogP contribution in [0, 0.1) is 6.92 Å². The zero-order valence-electron chi connectivity index (χ0n) is 16.9. The lowest BCUT2D eigenvalue weighted by Crippen LogP contribution is -2.23. The molecule has 0 radical (unpaired) electrons. The first-order chi connectivity index (χ1) is 13.6. The molecule has 0 spiro atoms. The fourth-order valence-electron chi connectivity index (χ4n) is 4.20. The summed E-state index contributed by atoms with van der Waals surface area (Å²) in [5, 5.41) is 4.31. The van der Waals surface area contributed by atoms with Gasteiger partial charge in [0.2, 0.25) is 0 Å². The van der Waals surface area contributed by atoms with E-state index >= 15 is 0 Å². The number of likely N-dealkylation sites (tertiary alicyclic amines) is 1. The average molecular weight is 377 g/mol. The normalized spacial score (nSPS) is 17.2. The van der Waals surface area contributed by atoms with E-state index in [9.17, 15) is 0 Å². The third-order valence-corrected chi connectivity index (χ3v) is 5.42. The number of ether oxygens (including phenoxy) is 1. The highest BCUT2D eigenvalue weighted by atomic mass is 16.5. The molecule has 3 aromatic rings. The Kier molecular flexibility index (Phi) is 5.44. The van der Waals surface area contributed by atoms with Gasteiger partial charge in [-0.1, -0.05) is 12.1 Å². The highest BCUT2D eigenvalue weighted by Crippen LogP contribution is 2.33. The summed E-state index contributed by atoms with van der Waals surface area (Å²) in [5.74, 6) is 0.905. The van der Waals surface area contributed by atoms with E-state index in [-0.39, 0.29) is 0 Å². The Bertz CT molecular complexity index is 949. The van der Waals surface area contributed by atoms with Crippen molar-refractivity contribution in [3.8, 4) is 5.75 Å². The van der Waals surface area contributed by atoms with Crippen molar-refractivity contribution in [2.75, 3.05) is 13.7 Å². The van der Waals surface area contributed by atoms with Gasteiger partial charge in [-0.05, 0) is 68.1 Å². The zero-order valence-corrected chi connectivity index (χ0v) is 16.9. The molecule has 0 bridgehead atoms. The van der Waals surface area contributed by atoms with Crippen molar-refractivity contribution in [3.05, 3.63) is 76.9 Å². The van der Waals surface area contributed by atoms with Crippen LogP contribution in [0.25, 0.3) is 0 Å². The maximum Gasteiger partial charge on any atom is 0.119 e. The Morgan fingerprint density at radius 2 is 2.04 bits per heavy atom. The Balaban J connectivity index is 1.55. The van der Waals surface area contributed by atoms with Crippen molar-refractivity contribution in [2.45, 2.75) is 38.8 Å². The van der Waals surface area contributed by atoms with Gasteiger partial charge in [0.25, 0.3) is 0 Å². The van der Waals surface area contributed by atoms with E-state index in [0.717, 1.165) is 37.4 Å². The predicted octanol–water partition coefficient (Wildman–Crippen LogP) is 4.06. The Hall–Kier alpha value is -2.66. The first kappa shape index (κ1) is 18.7. The molecule has 1 aliphatic heterocycles. The molecule has 0 amide bonds. The molecule has 1 saturated heterocycles. The summed E-state index contributed by atoms with van der Waals surface area (Å²) >= 11 is 0. The molecule has 1 fully saturated rings. The van der Waals surface area contributed by atoms with Crippen LogP contribution in [-0.4, -0.2) is 33.3 Å². The number of hydrogen-bond acceptors (Lipinski definition) is 4. The summed E-state index contributed by atoms with van der Waals surface area (Å²) < 4.78 is 7.24. The van der Waals surface area contributed by atoms with E-state index in [1.807, 2.05) is 24.0 Å². The second-order valence-corrected chi connectivity index (χ2v) is 7.72. The molecular formula is C23H28N4O. The standard InChI is InChI=1S/C23H28N4O/c1-17-10-19(11-18-6-4-7-21(12-18)28-3)13-22(25-17)23-8-5-9-27(23)16-20-14-24-26(2)15-20/h4,6-7,10,12-15,23H,5,8-9,11,16H2,1-3H3. The molecular weight excluding hydrogens is 348 g/mol. The molecule has 0 N–H and O–H groups in total. The lowest BCUT2D eigenvalue weighted by molar-refractivity contribution is 0.244. The van der Waals surface area contributed by atoms with Gasteiger partial charge in [-0.25, -0.2) is 0 Å². The Labute approximate surface area is 167 Å². The lowest BCUT2D eigenvalue weighted by atomic mass is 10.0. The molecule has 1 unspecified atom stereocenters. The van der Waals surface area contributed by atoms with Gasteiger partial charge in [-0.2, -0.15) is 5.10 Å². The minimum Gasteiger partial charge on any atom is -0.497 e. The summed E-state index contributed by atoms with van der Waals surface area (Å²) in [6, 6.07) is 13.2. The highest BCUT2D eigenvalue weighted by molar-refractivity contribution is 5.34. The molecule has 146 valence electrons. The topological polar surface area (TPSA) is 43.2 Å². The van der Waals surface area contributed by atoms with E-state index in [0.29, 0.717) is 6.04 Å². The van der Waals surface area contributed by atoms with E-state index in [4.69, 9.17) is 9.72 Å². The van der Waals surface area contributed by atoms with E-state index in [2.05, 4.69) is 53.5 Å². The smallest absolute Gasteiger partial charge is 0.119 e. The molecule has 3 heterocycles. The third kappa shape index (κ3) is 4.25. The minimum absolute atomic E-state index is 0.379. The van der Waals surface area contributed by atoms with Gasteiger partial charge in [-0.3, -0.25) is 14.6 Å². The number of aromatic nitrogens is 3. The fourth-order valence-corrected chi connectivity index (χ4v) is 4.20. The highest BCUT2D eigenvalue weighted by Gasteiger charge is 2.27. The number of pyridine rings is 1. The SMILES string of the molecule is COc1cccc(Cc2cc(C)nc(C3CCCN3Cc3cnn(C)c3)c2)c1. The van der Waals surface area contributed by atoms with Crippen LogP contribution < -0.4 is 4.74 Å². The van der Waals surface area contributed by atoms with Gasteiger partial charge in [0.05, 0.1) is 25.0 Å². The first-order valence-electron chi connectivity index (χ1n) is 9.92. The molecule has 1 atom stereocenters. The van der Waals surface area contributed by atoms with Crippen molar-refractivity contribution < 1.29 is 4.74 Å². The van der Waals surface area contributed by atoms with Crippen molar-refractivity contribution in [3.63, 3.8) is 0 Å². The fraction of sp³-hybridized carbons (Fsp3) is 0.391. The van der Waals surface area contributed by atoms with Gasteiger partial charge in [-0.15, -0.1) is 0 Å². The monoisotopic (exact) mass is 376 g/mol. The van der Waals surface area contributed by atoms with Crippen molar-refractivity contribution in [1.29, 1.82) is 0 Å². The largest absolute Gasteiger partial charge is 0.497 e. The number of hydrogen-bond donors (Lipinski definition) is 0. The van der Waals surface area contributed by atoms with Crippen LogP contribution in [0.15, 0.2) is 48.8 Å². The van der Waals surface area contributed by atoms with Crippen LogP contribution in [0.5, 0.6) is 5.75 Å². The first-order valence-corrected chi connectivity index (χ1v) is 9.92. The molecule has 5 heteroatoms. The summed E-state index contributed by atoms with van der Waals surface area (Å²) in [6.07, 6.45) is 7.34. The van der Waals surface area contributed by atoms with Crippen LogP contribution in [0.4, 0.5) is 0 Å². The number of aryl methyl sites for hydroxylation is 2. The number of nitrogens with zero attached hydrogens (tertiary/aromatic N) is 4. The average Bonchev–Trinajstić information content (AvgIpc) is 3.30. The van der Waals surface area contributed by atoms with Gasteiger partial charge >= 0.3 is 0 Å². The van der Waals surface area contributed by atoms with Crippen LogP contribution in [0.3, 0.4) is 0 Å². The lowest BCUT2D eigenvalue weighted by Gasteiger charge is -2.24. The summed E-state index contributed by atoms with van der Waals surface area (Å²) in [5.41, 5.74) is 6.11. The van der Waals surface area contributed by atoms with Gasteiger partial charge in [0.15, 0.2) is 0 Å². The molecule has 4 rings (SSSR count). The van der Waals surface area contributed by atoms with Crippen molar-refractivity contribution in [2.24, 2.45) is 7.05 Å². The second-order valence-electron chi connectivity index (χ2n) is 7.72. The van der Waals surface area contributed by atoms with Crippen LogP contribution in [0.1, 0.15) is 47.0 Å². The molecule has 1 aromatic carbocycles. The zero-order chi connectivity index (χ0) is 19.5. The van der Waals surface area contributed by atoms with Crippen molar-refractivity contribution >= 4 is 0 Å². The van der Waals surface area contributed by atoms with Crippen molar-refractivity contribution in [1.82, 2.24) is 19.7 Å². The van der Waals surface area contributed by atoms with Gasteiger partial charge in [0.1, 0.15) is 5.75 Å². The number of benzene rings is 1. The summed E-state index contributed by atoms with van der Waals surface area (Å²) in [7, 11) is 3.68. The molecule has 5 nitrogen and oxygen atoms in total. The van der Waals surface area contributed by atoms with E-state index < -0.39 is 0 Å². The number of methoxy groups -OCH3 is 1. The minimum atomic E-state index is 0.379. The molecule has 2 aromatic heterocycles. The predicted molar refractivity (Wildman–Crippen MR) is 110 cm³/mol. The number of rotatable bonds is 6. The van der Waals surface area contributed by atoms with E-state index in [1.54, 1.807) is 7.11 Å². The second kappa shape index (κ2) is 8.15. The summed E-state index contributed by atoms with van der Waals surface area (Å²) in [6.45, 7) is 4.14. The molecule has 0 aliphatic carbocycles. The van der Waals surface area contributed by atoms with E-state index in [1.165, 1.54) is 28.8 Å². The summed E-state index contributed by atoms with van der Waals surface area (Å²) in [4.78, 5) is 7.44. The Morgan fingerprint density at radius 3 is 2.82 bits per heavy atom. The van der Waals surface area contributed by atoms with Gasteiger partial charge < -0.3 is 4.74 Å². The molecule has 1 aliphatic rings. The maximum atomic E-state index is 5.37. The quantitative estimate of drug-likeness (QED) is 0.651. The Morgan fingerprint density at radius 1 is 1.14 bits per heavy atom. The van der Waals surface area contributed by atoms with Crippen LogP contribution >= 0.6 is 0 Å². The van der Waals surface area contributed by atoms with Crippen LogP contribution in [-0.2, 0) is 20.0 Å². The maximum absolute atomic E-state index is 5.37. The van der Waals surface area contributed by atoms with Crippen LogP contribution in [0.2, 0.25) is 0 Å². The molecule has 0 saturated carbocycles. The third-order valence-electron chi connectivity index (χ3n) is 5.42.